The molecule has 0 aliphatic rings. The molecule has 21 heavy (non-hydrogen) atoms. The molecule has 0 radical (unpaired) electrons. The number of hydrogen-bond donors (Lipinski definition) is 0. The van der Waals surface area contributed by atoms with Crippen LogP contribution in [0.5, 0.6) is 5.75 Å². The normalized spacial score (nSPS) is 12.5. The molecule has 0 saturated heterocycles. The second kappa shape index (κ2) is 5.78. The molecule has 0 amide bonds. The van der Waals surface area contributed by atoms with Crippen molar-refractivity contribution in [2.45, 2.75) is 19.2 Å². The van der Waals surface area contributed by atoms with E-state index >= 15 is 0 Å². The molecule has 0 N–H and O–H groups in total. The minimum absolute atomic E-state index is 0.163. The van der Waals surface area contributed by atoms with E-state index in [0.717, 1.165) is 28.3 Å². The van der Waals surface area contributed by atoms with Gasteiger partial charge in [-0.3, -0.25) is 4.57 Å². The van der Waals surface area contributed by atoms with Crippen LogP contribution in [0.4, 0.5) is 0 Å². The zero-order chi connectivity index (χ0) is 14.8. The number of nitrogens with zero attached hydrogens (tertiary/aromatic N) is 2. The molecule has 3 rings (SSSR count). The molecule has 0 aliphatic heterocycles. The van der Waals surface area contributed by atoms with Crippen LogP contribution >= 0.6 is 11.6 Å². The van der Waals surface area contributed by atoms with E-state index in [0.29, 0.717) is 6.61 Å². The summed E-state index contributed by atoms with van der Waals surface area (Å²) < 4.78 is 7.59. The van der Waals surface area contributed by atoms with E-state index in [1.165, 1.54) is 0 Å². The molecular weight excluding hydrogens is 284 g/mol. The fourth-order valence-electron chi connectivity index (χ4n) is 2.44. The molecule has 3 nitrogen and oxygen atoms in total. The van der Waals surface area contributed by atoms with Crippen molar-refractivity contribution in [2.24, 2.45) is 0 Å². The van der Waals surface area contributed by atoms with Crippen LogP contribution in [0.25, 0.3) is 16.7 Å². The summed E-state index contributed by atoms with van der Waals surface area (Å²) in [6.07, 6.45) is 0. The van der Waals surface area contributed by atoms with E-state index in [9.17, 15) is 0 Å². The van der Waals surface area contributed by atoms with Crippen molar-refractivity contribution in [2.75, 3.05) is 6.61 Å². The Balaban J connectivity index is 2.15. The molecule has 0 fully saturated rings. The molecule has 1 unspecified atom stereocenters. The van der Waals surface area contributed by atoms with Gasteiger partial charge in [0.2, 0.25) is 0 Å². The number of alkyl halides is 1. The van der Waals surface area contributed by atoms with Crippen LogP contribution in [0, 0.1) is 0 Å². The van der Waals surface area contributed by atoms with Crippen molar-refractivity contribution in [3.8, 4) is 11.4 Å². The third-order valence-electron chi connectivity index (χ3n) is 3.35. The lowest BCUT2D eigenvalue weighted by Gasteiger charge is -2.11. The number of fused-ring (bicyclic) bond motifs is 1. The van der Waals surface area contributed by atoms with Gasteiger partial charge < -0.3 is 4.74 Å². The van der Waals surface area contributed by atoms with E-state index in [-0.39, 0.29) is 5.38 Å². The first-order valence-electron chi connectivity index (χ1n) is 7.05. The quantitative estimate of drug-likeness (QED) is 0.652. The number of hydrogen-bond acceptors (Lipinski definition) is 2. The number of ether oxygens (including phenoxy) is 1. The minimum atomic E-state index is -0.163. The first-order chi connectivity index (χ1) is 10.2. The molecule has 0 saturated carbocycles. The van der Waals surface area contributed by atoms with E-state index < -0.39 is 0 Å². The summed E-state index contributed by atoms with van der Waals surface area (Å²) in [7, 11) is 0. The number of aromatic nitrogens is 2. The lowest BCUT2D eigenvalue weighted by Crippen LogP contribution is -2.02. The molecule has 1 aromatic heterocycles. The summed E-state index contributed by atoms with van der Waals surface area (Å²) in [5, 5.41) is -0.163. The summed E-state index contributed by atoms with van der Waals surface area (Å²) in [6, 6.07) is 16.1. The fraction of sp³-hybridized carbons (Fsp3) is 0.235. The van der Waals surface area contributed by atoms with Crippen LogP contribution in [0.1, 0.15) is 25.0 Å². The Labute approximate surface area is 129 Å². The van der Waals surface area contributed by atoms with Gasteiger partial charge in [0.05, 0.1) is 23.0 Å². The van der Waals surface area contributed by atoms with Crippen LogP contribution in [-0.2, 0) is 0 Å². The third-order valence-corrected chi connectivity index (χ3v) is 3.54. The number of imidazole rings is 1. The highest BCUT2D eigenvalue weighted by molar-refractivity contribution is 6.20. The highest BCUT2D eigenvalue weighted by Crippen LogP contribution is 2.28. The number of benzene rings is 2. The topological polar surface area (TPSA) is 27.1 Å². The van der Waals surface area contributed by atoms with Crippen molar-refractivity contribution in [3.63, 3.8) is 0 Å². The summed E-state index contributed by atoms with van der Waals surface area (Å²) in [4.78, 5) is 4.65. The largest absolute Gasteiger partial charge is 0.494 e. The van der Waals surface area contributed by atoms with Gasteiger partial charge in [-0.1, -0.05) is 12.1 Å². The van der Waals surface area contributed by atoms with Crippen LogP contribution < -0.4 is 4.74 Å². The summed E-state index contributed by atoms with van der Waals surface area (Å²) in [5.74, 6) is 1.72. The summed E-state index contributed by atoms with van der Waals surface area (Å²) >= 11 is 6.30. The van der Waals surface area contributed by atoms with Gasteiger partial charge in [0, 0.05) is 5.69 Å². The molecule has 0 spiro atoms. The summed E-state index contributed by atoms with van der Waals surface area (Å²) in [5.41, 5.74) is 3.05. The van der Waals surface area contributed by atoms with Gasteiger partial charge in [0.15, 0.2) is 0 Å². The van der Waals surface area contributed by atoms with Gasteiger partial charge in [-0.15, -0.1) is 11.6 Å². The smallest absolute Gasteiger partial charge is 0.132 e. The van der Waals surface area contributed by atoms with E-state index in [1.807, 2.05) is 56.3 Å². The molecule has 1 atom stereocenters. The Morgan fingerprint density at radius 1 is 1.14 bits per heavy atom. The number of para-hydroxylation sites is 2. The van der Waals surface area contributed by atoms with Gasteiger partial charge >= 0.3 is 0 Å². The van der Waals surface area contributed by atoms with E-state index in [4.69, 9.17) is 16.3 Å². The fourth-order valence-corrected chi connectivity index (χ4v) is 2.59. The average Bonchev–Trinajstić information content (AvgIpc) is 2.88. The molecule has 2 aromatic carbocycles. The van der Waals surface area contributed by atoms with Gasteiger partial charge in [0.25, 0.3) is 0 Å². The van der Waals surface area contributed by atoms with Gasteiger partial charge in [-0.05, 0) is 50.2 Å². The lowest BCUT2D eigenvalue weighted by molar-refractivity contribution is 0.340. The Morgan fingerprint density at radius 3 is 2.52 bits per heavy atom. The van der Waals surface area contributed by atoms with Crippen molar-refractivity contribution in [1.82, 2.24) is 9.55 Å². The van der Waals surface area contributed by atoms with Crippen LogP contribution in [0.15, 0.2) is 48.5 Å². The molecule has 0 bridgehead atoms. The molecule has 4 heteroatoms. The zero-order valence-electron chi connectivity index (χ0n) is 12.1. The van der Waals surface area contributed by atoms with Gasteiger partial charge in [0.1, 0.15) is 11.6 Å². The van der Waals surface area contributed by atoms with Crippen molar-refractivity contribution >= 4 is 22.6 Å². The Bertz CT molecular complexity index is 747. The Hall–Kier alpha value is -2.00. The van der Waals surface area contributed by atoms with Crippen molar-refractivity contribution in [3.05, 3.63) is 54.4 Å². The van der Waals surface area contributed by atoms with E-state index in [2.05, 4.69) is 15.6 Å². The average molecular weight is 301 g/mol. The highest BCUT2D eigenvalue weighted by atomic mass is 35.5. The molecule has 108 valence electrons. The SMILES string of the molecule is CCOc1ccc(-n2c(C(C)Cl)nc3ccccc32)cc1. The van der Waals surface area contributed by atoms with Crippen molar-refractivity contribution in [1.29, 1.82) is 0 Å². The lowest BCUT2D eigenvalue weighted by atomic mass is 10.2. The van der Waals surface area contributed by atoms with Crippen LogP contribution in [0.3, 0.4) is 0 Å². The Kier molecular flexibility index (Phi) is 3.84. The third kappa shape index (κ3) is 2.61. The maximum absolute atomic E-state index is 6.30. The zero-order valence-corrected chi connectivity index (χ0v) is 12.8. The first-order valence-corrected chi connectivity index (χ1v) is 7.49. The van der Waals surface area contributed by atoms with Crippen LogP contribution in [0.2, 0.25) is 0 Å². The minimum Gasteiger partial charge on any atom is -0.494 e. The number of rotatable bonds is 4. The number of halogens is 1. The first kappa shape index (κ1) is 14.0. The van der Waals surface area contributed by atoms with Crippen LogP contribution in [-0.4, -0.2) is 16.2 Å². The maximum atomic E-state index is 6.30. The maximum Gasteiger partial charge on any atom is 0.132 e. The standard InChI is InChI=1S/C17H17ClN2O/c1-3-21-14-10-8-13(9-11-14)20-16-7-5-4-6-15(16)19-17(20)12(2)18/h4-12H,3H2,1-2H3. The molecule has 1 heterocycles. The second-order valence-corrected chi connectivity index (χ2v) is 5.49. The molecule has 0 aliphatic carbocycles. The highest BCUT2D eigenvalue weighted by Gasteiger charge is 2.15. The Morgan fingerprint density at radius 2 is 1.86 bits per heavy atom. The predicted molar refractivity (Wildman–Crippen MR) is 86.5 cm³/mol. The predicted octanol–water partition coefficient (Wildman–Crippen LogP) is 4.72. The van der Waals surface area contributed by atoms with Gasteiger partial charge in [-0.25, -0.2) is 4.98 Å². The second-order valence-electron chi connectivity index (χ2n) is 4.84. The monoisotopic (exact) mass is 300 g/mol. The van der Waals surface area contributed by atoms with E-state index in [1.54, 1.807) is 0 Å². The molecular formula is C17H17ClN2O. The molecule has 3 aromatic rings. The summed E-state index contributed by atoms with van der Waals surface area (Å²) in [6.45, 7) is 4.58. The van der Waals surface area contributed by atoms with Gasteiger partial charge in [-0.2, -0.15) is 0 Å². The van der Waals surface area contributed by atoms with Crippen molar-refractivity contribution < 1.29 is 4.74 Å².